The molecule has 8 heteroatoms. The average Bonchev–Trinajstić information content (AvgIpc) is 3.83. The molecular formula is C46H68O6S2. The van der Waals surface area contributed by atoms with E-state index in [-0.39, 0.29) is 25.2 Å². The van der Waals surface area contributed by atoms with Gasteiger partial charge in [0.15, 0.2) is 0 Å². The number of esters is 2. The Bertz CT molecular complexity index is 1320. The van der Waals surface area contributed by atoms with E-state index in [1.807, 2.05) is 24.3 Å². The zero-order valence-corrected chi connectivity index (χ0v) is 35.2. The van der Waals surface area contributed by atoms with Crippen LogP contribution in [0.15, 0.2) is 56.0 Å². The number of benzene rings is 2. The minimum absolute atomic E-state index is 0.258. The van der Waals surface area contributed by atoms with E-state index in [1.54, 1.807) is 23.5 Å². The fourth-order valence-electron chi connectivity index (χ4n) is 7.12. The molecule has 54 heavy (non-hydrogen) atoms. The van der Waals surface area contributed by atoms with Crippen molar-refractivity contribution in [3.05, 3.63) is 68.5 Å². The summed E-state index contributed by atoms with van der Waals surface area (Å²) >= 11 is 3.32. The standard InChI is InChI=1S/C46H68O6S2/c1-3-5-7-9-11-13-15-17-19-21-29-49-31-33-51-45(47)39-27-23-25-37-35-41(53-43(37)39)42-36-38-26-24-28-40(44(38)54-42)46(48)52-34-32-50-30-22-20-18-16-14-12-10-8-6-4-2/h23-28H,3-22,29-36H2,1-2H3/b42-41-. The van der Waals surface area contributed by atoms with E-state index in [0.29, 0.717) is 24.3 Å². The lowest BCUT2D eigenvalue weighted by Crippen LogP contribution is -2.12. The van der Waals surface area contributed by atoms with Crippen molar-refractivity contribution >= 4 is 35.5 Å². The predicted octanol–water partition coefficient (Wildman–Crippen LogP) is 13.1. The van der Waals surface area contributed by atoms with Crippen LogP contribution < -0.4 is 0 Å². The summed E-state index contributed by atoms with van der Waals surface area (Å²) in [6.07, 6.45) is 27.5. The van der Waals surface area contributed by atoms with E-state index >= 15 is 0 Å². The fourth-order valence-corrected chi connectivity index (χ4v) is 9.75. The molecule has 0 saturated heterocycles. The Morgan fingerprint density at radius 2 is 0.815 bits per heavy atom. The number of fused-ring (bicyclic) bond motifs is 2. The van der Waals surface area contributed by atoms with Crippen LogP contribution in [0.1, 0.15) is 174 Å². The Balaban J connectivity index is 1.11. The molecular weight excluding hydrogens is 713 g/mol. The van der Waals surface area contributed by atoms with Gasteiger partial charge in [-0.3, -0.25) is 0 Å². The van der Waals surface area contributed by atoms with Crippen molar-refractivity contribution in [2.45, 2.75) is 165 Å². The van der Waals surface area contributed by atoms with Crippen molar-refractivity contribution in [2.75, 3.05) is 39.6 Å². The van der Waals surface area contributed by atoms with Crippen LogP contribution in [0.4, 0.5) is 0 Å². The smallest absolute Gasteiger partial charge is 0.339 e. The van der Waals surface area contributed by atoms with Crippen LogP contribution in [0.3, 0.4) is 0 Å². The third kappa shape index (κ3) is 16.1. The summed E-state index contributed by atoms with van der Waals surface area (Å²) in [5.41, 5.74) is 3.51. The highest BCUT2D eigenvalue weighted by Crippen LogP contribution is 2.51. The molecule has 2 aliphatic heterocycles. The monoisotopic (exact) mass is 780 g/mol. The van der Waals surface area contributed by atoms with E-state index < -0.39 is 0 Å². The van der Waals surface area contributed by atoms with Crippen molar-refractivity contribution in [1.29, 1.82) is 0 Å². The summed E-state index contributed by atoms with van der Waals surface area (Å²) in [7, 11) is 0. The minimum atomic E-state index is -0.298. The predicted molar refractivity (Wildman–Crippen MR) is 225 cm³/mol. The maximum Gasteiger partial charge on any atom is 0.339 e. The number of allylic oxidation sites excluding steroid dienone is 2. The summed E-state index contributed by atoms with van der Waals surface area (Å²) in [4.78, 5) is 30.6. The number of thioether (sulfide) groups is 2. The number of carbonyl (C=O) groups is 2. The van der Waals surface area contributed by atoms with Gasteiger partial charge in [0.1, 0.15) is 13.2 Å². The lowest BCUT2D eigenvalue weighted by Gasteiger charge is -2.09. The molecule has 0 aliphatic carbocycles. The SMILES string of the molecule is CCCCCCCCCCCCOCCOC(=O)c1cccc2c1S/C(=C1/Cc3cccc(C(=O)OCCOCCCCCCCCCCCC)c3S1)C2. The number of unbranched alkanes of at least 4 members (excludes halogenated alkanes) is 18. The number of carbonyl (C=O) groups excluding carboxylic acids is 2. The molecule has 0 saturated carbocycles. The van der Waals surface area contributed by atoms with Crippen LogP contribution in [0, 0.1) is 0 Å². The Morgan fingerprint density at radius 3 is 1.19 bits per heavy atom. The first-order chi connectivity index (χ1) is 26.6. The van der Waals surface area contributed by atoms with E-state index in [9.17, 15) is 9.59 Å². The molecule has 0 bridgehead atoms. The highest BCUT2D eigenvalue weighted by Gasteiger charge is 2.30. The normalized spacial score (nSPS) is 14.7. The fraction of sp³-hybridized carbons (Fsp3) is 0.652. The first-order valence-electron chi connectivity index (χ1n) is 21.4. The molecule has 2 aromatic rings. The van der Waals surface area contributed by atoms with E-state index in [4.69, 9.17) is 18.9 Å². The Kier molecular flexibility index (Phi) is 22.5. The molecule has 0 N–H and O–H groups in total. The number of hydrogen-bond acceptors (Lipinski definition) is 8. The number of rotatable bonds is 30. The maximum atomic E-state index is 13.1. The van der Waals surface area contributed by atoms with Gasteiger partial charge in [0, 0.05) is 45.7 Å². The Morgan fingerprint density at radius 1 is 0.463 bits per heavy atom. The van der Waals surface area contributed by atoms with Crippen LogP contribution in [0.5, 0.6) is 0 Å². The van der Waals surface area contributed by atoms with Gasteiger partial charge in [-0.05, 0) is 36.1 Å². The number of hydrogen-bond donors (Lipinski definition) is 0. The topological polar surface area (TPSA) is 71.1 Å². The third-order valence-corrected chi connectivity index (χ3v) is 13.1. The van der Waals surface area contributed by atoms with Crippen LogP contribution in [0.2, 0.25) is 0 Å². The van der Waals surface area contributed by atoms with Gasteiger partial charge in [-0.2, -0.15) is 0 Å². The molecule has 0 spiro atoms. The van der Waals surface area contributed by atoms with Crippen molar-refractivity contribution in [2.24, 2.45) is 0 Å². The summed E-state index contributed by atoms with van der Waals surface area (Å²) in [5, 5.41) is 0. The van der Waals surface area contributed by atoms with Crippen molar-refractivity contribution in [3.8, 4) is 0 Å². The van der Waals surface area contributed by atoms with Gasteiger partial charge in [-0.25, -0.2) is 9.59 Å². The van der Waals surface area contributed by atoms with Gasteiger partial charge < -0.3 is 18.9 Å². The maximum absolute atomic E-state index is 13.1. The molecule has 0 amide bonds. The highest BCUT2D eigenvalue weighted by molar-refractivity contribution is 8.07. The summed E-state index contributed by atoms with van der Waals surface area (Å²) in [6, 6.07) is 11.8. The zero-order valence-electron chi connectivity index (χ0n) is 33.5. The minimum Gasteiger partial charge on any atom is -0.460 e. The molecule has 0 radical (unpaired) electrons. The van der Waals surface area contributed by atoms with Crippen molar-refractivity contribution < 1.29 is 28.5 Å². The van der Waals surface area contributed by atoms with Crippen LogP contribution in [-0.2, 0) is 31.8 Å². The number of ether oxygens (including phenoxy) is 4. The first kappa shape index (κ1) is 44.5. The molecule has 0 unspecified atom stereocenters. The van der Waals surface area contributed by atoms with E-state index in [2.05, 4.69) is 26.0 Å². The van der Waals surface area contributed by atoms with E-state index in [1.165, 1.54) is 125 Å². The molecule has 0 fully saturated rings. The van der Waals surface area contributed by atoms with Gasteiger partial charge >= 0.3 is 11.9 Å². The van der Waals surface area contributed by atoms with Crippen molar-refractivity contribution in [1.82, 2.24) is 0 Å². The highest BCUT2D eigenvalue weighted by atomic mass is 32.2. The lowest BCUT2D eigenvalue weighted by atomic mass is 10.1. The Labute approximate surface area is 335 Å². The largest absolute Gasteiger partial charge is 0.460 e. The second kappa shape index (κ2) is 27.4. The molecule has 0 atom stereocenters. The first-order valence-corrected chi connectivity index (χ1v) is 23.1. The molecule has 0 aromatic heterocycles. The lowest BCUT2D eigenvalue weighted by molar-refractivity contribution is 0.0303. The molecule has 2 aromatic carbocycles. The van der Waals surface area contributed by atoms with Gasteiger partial charge in [-0.1, -0.05) is 177 Å². The quantitative estimate of drug-likeness (QED) is 0.0573. The molecule has 6 nitrogen and oxygen atoms in total. The second-order valence-electron chi connectivity index (χ2n) is 14.9. The van der Waals surface area contributed by atoms with E-state index in [0.717, 1.165) is 59.8 Å². The van der Waals surface area contributed by atoms with Gasteiger partial charge in [0.2, 0.25) is 0 Å². The van der Waals surface area contributed by atoms with Gasteiger partial charge in [-0.15, -0.1) is 0 Å². The second-order valence-corrected chi connectivity index (χ2v) is 17.1. The van der Waals surface area contributed by atoms with Crippen LogP contribution in [-0.4, -0.2) is 51.6 Å². The summed E-state index contributed by atoms with van der Waals surface area (Å²) in [6.45, 7) is 7.32. The Hall–Kier alpha value is -2.26. The summed E-state index contributed by atoms with van der Waals surface area (Å²) in [5.74, 6) is -0.596. The van der Waals surface area contributed by atoms with Gasteiger partial charge in [0.25, 0.3) is 0 Å². The van der Waals surface area contributed by atoms with Crippen molar-refractivity contribution in [3.63, 3.8) is 0 Å². The summed E-state index contributed by atoms with van der Waals surface area (Å²) < 4.78 is 22.8. The van der Waals surface area contributed by atoms with Crippen LogP contribution >= 0.6 is 23.5 Å². The van der Waals surface area contributed by atoms with Gasteiger partial charge in [0.05, 0.1) is 24.3 Å². The molecule has 2 aliphatic rings. The molecule has 300 valence electrons. The zero-order chi connectivity index (χ0) is 38.1. The molecule has 2 heterocycles. The third-order valence-electron chi connectivity index (χ3n) is 10.3. The molecule has 4 rings (SSSR count). The van der Waals surface area contributed by atoms with Crippen LogP contribution in [0.25, 0.3) is 0 Å². The average molecular weight is 781 g/mol.